The molecule has 0 aromatic carbocycles. The maximum absolute atomic E-state index is 5.17. The first kappa shape index (κ1) is 6.35. The maximum Gasteiger partial charge on any atom is 0.208 e. The van der Waals surface area contributed by atoms with Crippen molar-refractivity contribution in [3.05, 3.63) is 0 Å². The minimum Gasteiger partial charge on any atom is -0.342 e. The number of nitrogens with one attached hydrogen (secondary N) is 1. The van der Waals surface area contributed by atoms with Crippen LogP contribution < -0.4 is 11.3 Å². The zero-order valence-corrected chi connectivity index (χ0v) is 5.59. The second-order valence-corrected chi connectivity index (χ2v) is 2.03. The SMILES string of the molecule is CN=C(NN)N1CCC1. The monoisotopic (exact) mass is 128 g/mol. The Morgan fingerprint density at radius 1 is 1.67 bits per heavy atom. The average Bonchev–Trinajstić information content (AvgIpc) is 1.78. The zero-order chi connectivity index (χ0) is 6.69. The molecule has 1 aliphatic heterocycles. The van der Waals surface area contributed by atoms with Gasteiger partial charge < -0.3 is 4.90 Å². The van der Waals surface area contributed by atoms with E-state index < -0.39 is 0 Å². The van der Waals surface area contributed by atoms with Crippen LogP contribution in [0, 0.1) is 0 Å². The third-order valence-corrected chi connectivity index (χ3v) is 1.50. The summed E-state index contributed by atoms with van der Waals surface area (Å²) in [6, 6.07) is 0. The van der Waals surface area contributed by atoms with E-state index in [0.717, 1.165) is 19.0 Å². The number of rotatable bonds is 0. The van der Waals surface area contributed by atoms with Gasteiger partial charge in [0.2, 0.25) is 5.96 Å². The Balaban J connectivity index is 2.37. The minimum absolute atomic E-state index is 0.793. The lowest BCUT2D eigenvalue weighted by molar-refractivity contribution is 0.289. The van der Waals surface area contributed by atoms with Gasteiger partial charge in [0.05, 0.1) is 0 Å². The van der Waals surface area contributed by atoms with Crippen molar-refractivity contribution in [3.63, 3.8) is 0 Å². The number of hydrogen-bond donors (Lipinski definition) is 2. The van der Waals surface area contributed by atoms with Gasteiger partial charge in [0.1, 0.15) is 0 Å². The third-order valence-electron chi connectivity index (χ3n) is 1.50. The van der Waals surface area contributed by atoms with E-state index in [4.69, 9.17) is 5.84 Å². The largest absolute Gasteiger partial charge is 0.342 e. The predicted octanol–water partition coefficient (Wildman–Crippen LogP) is -0.859. The van der Waals surface area contributed by atoms with Gasteiger partial charge >= 0.3 is 0 Å². The molecular formula is C5H12N4. The standard InChI is InChI=1S/C5H12N4/c1-7-5(8-6)9-3-2-4-9/h2-4,6H2,1H3,(H,7,8). The average molecular weight is 128 g/mol. The van der Waals surface area contributed by atoms with E-state index >= 15 is 0 Å². The molecule has 4 heteroatoms. The summed E-state index contributed by atoms with van der Waals surface area (Å²) in [7, 11) is 1.73. The molecule has 0 radical (unpaired) electrons. The molecule has 0 aromatic heterocycles. The Kier molecular flexibility index (Phi) is 1.89. The number of likely N-dealkylation sites (tertiary alicyclic amines) is 1. The van der Waals surface area contributed by atoms with Gasteiger partial charge in [-0.15, -0.1) is 0 Å². The van der Waals surface area contributed by atoms with E-state index in [1.54, 1.807) is 7.05 Å². The van der Waals surface area contributed by atoms with Crippen LogP contribution >= 0.6 is 0 Å². The van der Waals surface area contributed by atoms with Crippen LogP contribution in [-0.4, -0.2) is 31.0 Å². The Bertz CT molecular complexity index is 116. The van der Waals surface area contributed by atoms with Gasteiger partial charge in [-0.05, 0) is 6.42 Å². The predicted molar refractivity (Wildman–Crippen MR) is 36.9 cm³/mol. The van der Waals surface area contributed by atoms with Crippen LogP contribution in [0.3, 0.4) is 0 Å². The molecule has 0 aromatic rings. The molecule has 52 valence electrons. The summed E-state index contributed by atoms with van der Waals surface area (Å²) in [5, 5.41) is 0. The molecule has 0 spiro atoms. The molecule has 1 heterocycles. The summed E-state index contributed by atoms with van der Waals surface area (Å²) < 4.78 is 0. The fourth-order valence-corrected chi connectivity index (χ4v) is 0.825. The van der Waals surface area contributed by atoms with Crippen molar-refractivity contribution in [2.75, 3.05) is 20.1 Å². The lowest BCUT2D eigenvalue weighted by Crippen LogP contribution is -2.50. The molecule has 1 aliphatic rings. The lowest BCUT2D eigenvalue weighted by Gasteiger charge is -2.32. The number of nitrogens with zero attached hydrogens (tertiary/aromatic N) is 2. The highest BCUT2D eigenvalue weighted by molar-refractivity contribution is 5.79. The number of guanidine groups is 1. The van der Waals surface area contributed by atoms with Crippen LogP contribution in [-0.2, 0) is 0 Å². The fourth-order valence-electron chi connectivity index (χ4n) is 0.825. The molecule has 0 amide bonds. The Morgan fingerprint density at radius 3 is 2.44 bits per heavy atom. The van der Waals surface area contributed by atoms with Crippen molar-refractivity contribution in [2.24, 2.45) is 10.8 Å². The van der Waals surface area contributed by atoms with Crippen molar-refractivity contribution in [2.45, 2.75) is 6.42 Å². The van der Waals surface area contributed by atoms with E-state index in [1.807, 2.05) is 0 Å². The minimum atomic E-state index is 0.793. The summed E-state index contributed by atoms with van der Waals surface area (Å²) in [4.78, 5) is 6.03. The maximum atomic E-state index is 5.17. The first-order valence-electron chi connectivity index (χ1n) is 3.07. The number of nitrogens with two attached hydrogens (primary N) is 1. The molecule has 1 saturated heterocycles. The van der Waals surface area contributed by atoms with Gasteiger partial charge in [0.15, 0.2) is 0 Å². The molecule has 4 nitrogen and oxygen atoms in total. The highest BCUT2D eigenvalue weighted by Crippen LogP contribution is 2.04. The topological polar surface area (TPSA) is 53.6 Å². The summed E-state index contributed by atoms with van der Waals surface area (Å²) in [5.41, 5.74) is 2.53. The normalized spacial score (nSPS) is 19.3. The molecular weight excluding hydrogens is 116 g/mol. The van der Waals surface area contributed by atoms with Gasteiger partial charge in [-0.2, -0.15) is 0 Å². The van der Waals surface area contributed by atoms with Gasteiger partial charge in [-0.25, -0.2) is 5.84 Å². The lowest BCUT2D eigenvalue weighted by atomic mass is 10.2. The number of aliphatic imine (C=N–C) groups is 1. The summed E-state index contributed by atoms with van der Waals surface area (Å²) in [6.07, 6.45) is 1.25. The number of hydrogen-bond acceptors (Lipinski definition) is 2. The summed E-state index contributed by atoms with van der Waals surface area (Å²) in [6.45, 7) is 2.16. The van der Waals surface area contributed by atoms with E-state index in [9.17, 15) is 0 Å². The first-order valence-corrected chi connectivity index (χ1v) is 3.07. The summed E-state index contributed by atoms with van der Waals surface area (Å²) >= 11 is 0. The molecule has 0 saturated carbocycles. The van der Waals surface area contributed by atoms with Crippen molar-refractivity contribution in [1.82, 2.24) is 10.3 Å². The molecule has 9 heavy (non-hydrogen) atoms. The van der Waals surface area contributed by atoms with E-state index in [2.05, 4.69) is 15.3 Å². The van der Waals surface area contributed by atoms with Gasteiger partial charge in [0.25, 0.3) is 0 Å². The Labute approximate surface area is 54.7 Å². The molecule has 0 atom stereocenters. The summed E-state index contributed by atoms with van der Waals surface area (Å²) in [5.74, 6) is 5.96. The van der Waals surface area contributed by atoms with E-state index in [-0.39, 0.29) is 0 Å². The second kappa shape index (κ2) is 2.68. The van der Waals surface area contributed by atoms with Crippen LogP contribution in [0.1, 0.15) is 6.42 Å². The quantitative estimate of drug-likeness (QED) is 0.193. The highest BCUT2D eigenvalue weighted by Gasteiger charge is 2.16. The van der Waals surface area contributed by atoms with Crippen molar-refractivity contribution in [1.29, 1.82) is 0 Å². The van der Waals surface area contributed by atoms with Crippen LogP contribution in [0.15, 0.2) is 4.99 Å². The Hall–Kier alpha value is -0.770. The van der Waals surface area contributed by atoms with Gasteiger partial charge in [-0.3, -0.25) is 10.4 Å². The third kappa shape index (κ3) is 1.13. The first-order chi connectivity index (χ1) is 4.38. The van der Waals surface area contributed by atoms with E-state index in [1.165, 1.54) is 6.42 Å². The molecule has 1 rings (SSSR count). The van der Waals surface area contributed by atoms with Crippen molar-refractivity contribution >= 4 is 5.96 Å². The van der Waals surface area contributed by atoms with Crippen molar-refractivity contribution < 1.29 is 0 Å². The van der Waals surface area contributed by atoms with Crippen LogP contribution in [0.25, 0.3) is 0 Å². The molecule has 3 N–H and O–H groups in total. The smallest absolute Gasteiger partial charge is 0.208 e. The van der Waals surface area contributed by atoms with Gasteiger partial charge in [0, 0.05) is 20.1 Å². The van der Waals surface area contributed by atoms with Crippen LogP contribution in [0.5, 0.6) is 0 Å². The fraction of sp³-hybridized carbons (Fsp3) is 0.800. The highest BCUT2D eigenvalue weighted by atomic mass is 15.4. The molecule has 0 unspecified atom stereocenters. The Morgan fingerprint density at radius 2 is 2.33 bits per heavy atom. The number of hydrazine groups is 1. The van der Waals surface area contributed by atoms with Crippen molar-refractivity contribution in [3.8, 4) is 0 Å². The van der Waals surface area contributed by atoms with Crippen LogP contribution in [0.2, 0.25) is 0 Å². The molecule has 0 bridgehead atoms. The molecule has 0 aliphatic carbocycles. The zero-order valence-electron chi connectivity index (χ0n) is 5.59. The van der Waals surface area contributed by atoms with E-state index in [0.29, 0.717) is 0 Å². The van der Waals surface area contributed by atoms with Crippen LogP contribution in [0.4, 0.5) is 0 Å². The second-order valence-electron chi connectivity index (χ2n) is 2.03. The molecule has 1 fully saturated rings. The van der Waals surface area contributed by atoms with Gasteiger partial charge in [-0.1, -0.05) is 0 Å².